The van der Waals surface area contributed by atoms with Crippen molar-refractivity contribution in [3.8, 4) is 0 Å². The van der Waals surface area contributed by atoms with Crippen LogP contribution in [0.4, 0.5) is 0 Å². The summed E-state index contributed by atoms with van der Waals surface area (Å²) >= 11 is 0. The summed E-state index contributed by atoms with van der Waals surface area (Å²) < 4.78 is 25.7. The Labute approximate surface area is 94.0 Å². The summed E-state index contributed by atoms with van der Waals surface area (Å²) in [5.41, 5.74) is 0. The molecule has 90 valence electrons. The van der Waals surface area contributed by atoms with Gasteiger partial charge in [-0.2, -0.15) is 8.42 Å². The molecule has 0 spiro atoms. The van der Waals surface area contributed by atoms with Crippen molar-refractivity contribution in [1.82, 2.24) is 4.90 Å². The van der Waals surface area contributed by atoms with Crippen LogP contribution >= 0.6 is 0 Å². The van der Waals surface area contributed by atoms with Crippen molar-refractivity contribution < 1.29 is 22.2 Å². The van der Waals surface area contributed by atoms with Crippen molar-refractivity contribution in [1.29, 1.82) is 0 Å². The van der Waals surface area contributed by atoms with Gasteiger partial charge in [0.15, 0.2) is 0 Å². The lowest BCUT2D eigenvalue weighted by atomic mass is 10.3. The highest BCUT2D eigenvalue weighted by Gasteiger charge is 2.22. The average Bonchev–Trinajstić information content (AvgIpc) is 2.46. The maximum atomic E-state index is 11.1. The van der Waals surface area contributed by atoms with Crippen LogP contribution < -0.4 is 0 Å². The third kappa shape index (κ3) is 4.11. The number of unbranched alkanes of at least 4 members (excludes halogenated alkanes) is 1. The van der Waals surface area contributed by atoms with Gasteiger partial charge in [-0.3, -0.25) is 18.7 Å². The lowest BCUT2D eigenvalue weighted by molar-refractivity contribution is -0.136. The molecule has 0 unspecified atom stereocenters. The number of hydrogen-bond donors (Lipinski definition) is 0. The highest BCUT2D eigenvalue weighted by Crippen LogP contribution is 2.05. The van der Waals surface area contributed by atoms with Gasteiger partial charge in [0.1, 0.15) is 0 Å². The Hall–Kier alpha value is -1.21. The third-order valence-electron chi connectivity index (χ3n) is 1.97. The van der Waals surface area contributed by atoms with E-state index in [1.54, 1.807) is 0 Å². The van der Waals surface area contributed by atoms with E-state index in [9.17, 15) is 18.0 Å². The molecule has 6 nitrogen and oxygen atoms in total. The molecule has 0 bridgehead atoms. The predicted molar refractivity (Wildman–Crippen MR) is 55.9 cm³/mol. The smallest absolute Gasteiger partial charge is 0.264 e. The fraction of sp³-hybridized carbons (Fsp3) is 0.556. The quantitative estimate of drug-likeness (QED) is 0.364. The van der Waals surface area contributed by atoms with Crippen molar-refractivity contribution in [3.63, 3.8) is 0 Å². The first kappa shape index (κ1) is 12.9. The van der Waals surface area contributed by atoms with Gasteiger partial charge in [0.05, 0.1) is 12.9 Å². The first-order valence-corrected chi connectivity index (χ1v) is 6.60. The van der Waals surface area contributed by atoms with Gasteiger partial charge in [0, 0.05) is 18.7 Å². The van der Waals surface area contributed by atoms with Gasteiger partial charge in [-0.15, -0.1) is 0 Å². The molecule has 0 saturated carbocycles. The maximum absolute atomic E-state index is 11.1. The van der Waals surface area contributed by atoms with Crippen LogP contribution in [0.15, 0.2) is 12.2 Å². The first-order valence-electron chi connectivity index (χ1n) is 4.78. The van der Waals surface area contributed by atoms with E-state index in [0.29, 0.717) is 12.8 Å². The summed E-state index contributed by atoms with van der Waals surface area (Å²) in [5.74, 6) is -0.650. The van der Waals surface area contributed by atoms with E-state index in [4.69, 9.17) is 0 Å². The van der Waals surface area contributed by atoms with Crippen LogP contribution in [-0.4, -0.2) is 44.5 Å². The Bertz CT molecular complexity index is 394. The van der Waals surface area contributed by atoms with E-state index >= 15 is 0 Å². The minimum Gasteiger partial charge on any atom is -0.275 e. The lowest BCUT2D eigenvalue weighted by Gasteiger charge is -2.12. The second-order valence-electron chi connectivity index (χ2n) is 3.39. The average molecular weight is 247 g/mol. The van der Waals surface area contributed by atoms with Crippen LogP contribution in [0.2, 0.25) is 0 Å². The highest BCUT2D eigenvalue weighted by atomic mass is 32.2. The minimum absolute atomic E-state index is 0.0719. The van der Waals surface area contributed by atoms with Gasteiger partial charge in [0.25, 0.3) is 21.9 Å². The van der Waals surface area contributed by atoms with Gasteiger partial charge in [-0.25, -0.2) is 0 Å². The first-order chi connectivity index (χ1) is 7.40. The molecule has 0 fully saturated rings. The number of carbonyl (C=O) groups excluding carboxylic acids is 2. The zero-order chi connectivity index (χ0) is 12.2. The molecule has 0 radical (unpaired) electrons. The molecule has 0 aromatic carbocycles. The Morgan fingerprint density at radius 1 is 1.19 bits per heavy atom. The zero-order valence-corrected chi connectivity index (χ0v) is 9.70. The van der Waals surface area contributed by atoms with Gasteiger partial charge in [0.2, 0.25) is 0 Å². The number of carbonyl (C=O) groups is 2. The van der Waals surface area contributed by atoms with Crippen molar-refractivity contribution in [3.05, 3.63) is 12.2 Å². The largest absolute Gasteiger partial charge is 0.275 e. The summed E-state index contributed by atoms with van der Waals surface area (Å²) in [6, 6.07) is 0. The Morgan fingerprint density at radius 3 is 2.25 bits per heavy atom. The van der Waals surface area contributed by atoms with E-state index in [1.807, 2.05) is 0 Å². The zero-order valence-electron chi connectivity index (χ0n) is 8.88. The maximum Gasteiger partial charge on any atom is 0.264 e. The molecule has 7 heteroatoms. The van der Waals surface area contributed by atoms with E-state index in [0.717, 1.165) is 11.2 Å². The summed E-state index contributed by atoms with van der Waals surface area (Å²) in [6.45, 7) is 0.361. The van der Waals surface area contributed by atoms with Crippen molar-refractivity contribution in [2.75, 3.05) is 19.4 Å². The molecule has 1 aliphatic heterocycles. The number of rotatable bonds is 6. The topological polar surface area (TPSA) is 80.8 Å². The molecule has 0 atom stereocenters. The van der Waals surface area contributed by atoms with E-state index in [1.165, 1.54) is 12.2 Å². The van der Waals surface area contributed by atoms with Crippen LogP contribution in [0.5, 0.6) is 0 Å². The van der Waals surface area contributed by atoms with Gasteiger partial charge < -0.3 is 0 Å². The molecule has 1 aliphatic rings. The molecule has 0 aromatic heterocycles. The number of nitrogens with zero attached hydrogens (tertiary/aromatic N) is 1. The highest BCUT2D eigenvalue weighted by molar-refractivity contribution is 7.85. The number of amides is 2. The third-order valence-corrected chi connectivity index (χ3v) is 2.57. The van der Waals surface area contributed by atoms with Gasteiger partial charge in [-0.1, -0.05) is 0 Å². The normalized spacial score (nSPS) is 16.2. The summed E-state index contributed by atoms with van der Waals surface area (Å²) in [7, 11) is -3.40. The second-order valence-corrected chi connectivity index (χ2v) is 5.04. The molecule has 0 N–H and O–H groups in total. The lowest BCUT2D eigenvalue weighted by Crippen LogP contribution is -2.31. The Balaban J connectivity index is 2.17. The number of hydrogen-bond acceptors (Lipinski definition) is 5. The van der Waals surface area contributed by atoms with Crippen LogP contribution in [0.3, 0.4) is 0 Å². The summed E-state index contributed by atoms with van der Waals surface area (Å²) in [5, 5.41) is 0. The molecular weight excluding hydrogens is 234 g/mol. The fourth-order valence-electron chi connectivity index (χ4n) is 1.23. The molecule has 1 rings (SSSR count). The van der Waals surface area contributed by atoms with Crippen molar-refractivity contribution in [2.45, 2.75) is 12.8 Å². The fourth-order valence-corrected chi connectivity index (χ4v) is 1.65. The predicted octanol–water partition coefficient (Wildman–Crippen LogP) is -0.332. The molecule has 2 amide bonds. The van der Waals surface area contributed by atoms with Crippen LogP contribution in [0, 0.1) is 0 Å². The van der Waals surface area contributed by atoms with Crippen molar-refractivity contribution >= 4 is 21.9 Å². The van der Waals surface area contributed by atoms with Gasteiger partial charge >= 0.3 is 0 Å². The molecule has 0 aromatic rings. The summed E-state index contributed by atoms with van der Waals surface area (Å²) in [4.78, 5) is 23.3. The van der Waals surface area contributed by atoms with Gasteiger partial charge in [-0.05, 0) is 12.8 Å². The van der Waals surface area contributed by atoms with E-state index < -0.39 is 10.1 Å². The van der Waals surface area contributed by atoms with Crippen LogP contribution in [-0.2, 0) is 23.9 Å². The van der Waals surface area contributed by atoms with Crippen molar-refractivity contribution in [2.24, 2.45) is 0 Å². The second kappa shape index (κ2) is 5.22. The van der Waals surface area contributed by atoms with E-state index in [2.05, 4.69) is 4.18 Å². The van der Waals surface area contributed by atoms with Crippen LogP contribution in [0.25, 0.3) is 0 Å². The molecule has 16 heavy (non-hydrogen) atoms. The number of imide groups is 1. The van der Waals surface area contributed by atoms with Crippen LogP contribution in [0.1, 0.15) is 12.8 Å². The SMILES string of the molecule is CS(=O)(=O)OCCCCN1C(=O)C=CC1=O. The minimum atomic E-state index is -3.40. The van der Waals surface area contributed by atoms with E-state index in [-0.39, 0.29) is 25.0 Å². The molecular formula is C9H13NO5S. The monoisotopic (exact) mass is 247 g/mol. The molecule has 0 aliphatic carbocycles. The molecule has 1 heterocycles. The Kier molecular flexibility index (Phi) is 4.19. The Morgan fingerprint density at radius 2 is 1.75 bits per heavy atom. The summed E-state index contributed by atoms with van der Waals surface area (Å²) in [6.07, 6.45) is 4.41. The molecule has 0 saturated heterocycles. The standard InChI is InChI=1S/C9H13NO5S/c1-16(13,14)15-7-3-2-6-10-8(11)4-5-9(10)12/h4-5H,2-3,6-7H2,1H3.